The lowest BCUT2D eigenvalue weighted by Gasteiger charge is -2.34. The van der Waals surface area contributed by atoms with Crippen molar-refractivity contribution >= 4 is 43.5 Å². The summed E-state index contributed by atoms with van der Waals surface area (Å²) < 4.78 is 41.4. The number of nitrogens with zero attached hydrogens (tertiary/aromatic N) is 2. The summed E-state index contributed by atoms with van der Waals surface area (Å²) in [5.41, 5.74) is 1.74. The largest absolute Gasteiger partial charge is 0.497 e. The van der Waals surface area contributed by atoms with Crippen LogP contribution in [0.4, 0.5) is 5.69 Å². The van der Waals surface area contributed by atoms with Gasteiger partial charge in [0.05, 0.1) is 24.8 Å². The molecule has 0 saturated heterocycles. The van der Waals surface area contributed by atoms with Crippen LogP contribution >= 0.6 is 15.9 Å². The number of ether oxygens (including phenoxy) is 2. The Kier molecular flexibility index (Phi) is 12.4. The molecule has 9 nitrogen and oxygen atoms in total. The maximum atomic E-state index is 14.7. The van der Waals surface area contributed by atoms with Crippen molar-refractivity contribution in [2.45, 2.75) is 50.2 Å². The van der Waals surface area contributed by atoms with Gasteiger partial charge in [0.15, 0.2) is 0 Å². The van der Waals surface area contributed by atoms with Gasteiger partial charge in [0.25, 0.3) is 10.0 Å². The number of halogens is 1. The van der Waals surface area contributed by atoms with Crippen LogP contribution in [0, 0.1) is 0 Å². The highest BCUT2D eigenvalue weighted by Gasteiger charge is 2.36. The van der Waals surface area contributed by atoms with E-state index in [0.29, 0.717) is 12.2 Å². The highest BCUT2D eigenvalue weighted by Crippen LogP contribution is 2.36. The van der Waals surface area contributed by atoms with Gasteiger partial charge in [-0.2, -0.15) is 0 Å². The molecular formula is C36H40BrN3O6S. The fourth-order valence-electron chi connectivity index (χ4n) is 5.05. The van der Waals surface area contributed by atoms with Crippen molar-refractivity contribution in [2.24, 2.45) is 0 Å². The first-order valence-electron chi connectivity index (χ1n) is 15.2. The van der Waals surface area contributed by atoms with Gasteiger partial charge in [-0.25, -0.2) is 8.42 Å². The number of hydrogen-bond donors (Lipinski definition) is 1. The molecule has 0 aliphatic carbocycles. The highest BCUT2D eigenvalue weighted by molar-refractivity contribution is 9.10. The molecule has 0 unspecified atom stereocenters. The van der Waals surface area contributed by atoms with Crippen molar-refractivity contribution in [3.05, 3.63) is 119 Å². The van der Waals surface area contributed by atoms with Gasteiger partial charge in [-0.1, -0.05) is 83.5 Å². The second kappa shape index (κ2) is 16.5. The zero-order chi connectivity index (χ0) is 34.0. The topological polar surface area (TPSA) is 105 Å². The SMILES string of the molecule is CC[C@@H](C)NC(=O)[C@H](Cc1ccccc1)N(Cc1cccc(Br)c1)C(=O)CN(c1cc(OC)ccc1OC)S(=O)(=O)c1ccccc1. The molecule has 4 rings (SSSR count). The predicted octanol–water partition coefficient (Wildman–Crippen LogP) is 6.22. The summed E-state index contributed by atoms with van der Waals surface area (Å²) in [6.07, 6.45) is 0.916. The smallest absolute Gasteiger partial charge is 0.264 e. The first kappa shape index (κ1) is 35.5. The Morgan fingerprint density at radius 2 is 1.51 bits per heavy atom. The van der Waals surface area contributed by atoms with Crippen molar-refractivity contribution in [1.82, 2.24) is 10.2 Å². The van der Waals surface area contributed by atoms with Gasteiger partial charge >= 0.3 is 0 Å². The Morgan fingerprint density at radius 3 is 2.13 bits per heavy atom. The number of hydrogen-bond acceptors (Lipinski definition) is 6. The maximum absolute atomic E-state index is 14.7. The van der Waals surface area contributed by atoms with Crippen LogP contribution in [-0.2, 0) is 32.6 Å². The van der Waals surface area contributed by atoms with Crippen LogP contribution in [0.25, 0.3) is 0 Å². The van der Waals surface area contributed by atoms with E-state index in [2.05, 4.69) is 21.2 Å². The zero-order valence-corrected chi connectivity index (χ0v) is 29.3. The molecule has 11 heteroatoms. The molecule has 0 radical (unpaired) electrons. The molecule has 0 spiro atoms. The fourth-order valence-corrected chi connectivity index (χ4v) is 6.94. The van der Waals surface area contributed by atoms with Crippen LogP contribution in [-0.4, -0.2) is 58.0 Å². The number of carbonyl (C=O) groups excluding carboxylic acids is 2. The minimum Gasteiger partial charge on any atom is -0.497 e. The number of nitrogens with one attached hydrogen (secondary N) is 1. The van der Waals surface area contributed by atoms with Crippen molar-refractivity contribution < 1.29 is 27.5 Å². The van der Waals surface area contributed by atoms with E-state index in [4.69, 9.17) is 9.47 Å². The van der Waals surface area contributed by atoms with Gasteiger partial charge < -0.3 is 19.7 Å². The Bertz CT molecular complexity index is 1760. The molecule has 2 atom stereocenters. The molecule has 47 heavy (non-hydrogen) atoms. The summed E-state index contributed by atoms with van der Waals surface area (Å²) >= 11 is 3.51. The zero-order valence-electron chi connectivity index (χ0n) is 26.9. The van der Waals surface area contributed by atoms with Crippen molar-refractivity contribution in [3.63, 3.8) is 0 Å². The van der Waals surface area contributed by atoms with Crippen LogP contribution < -0.4 is 19.1 Å². The van der Waals surface area contributed by atoms with E-state index in [1.807, 2.05) is 68.4 Å². The van der Waals surface area contributed by atoms with E-state index in [-0.39, 0.29) is 41.2 Å². The number of benzene rings is 4. The van der Waals surface area contributed by atoms with Crippen molar-refractivity contribution in [3.8, 4) is 11.5 Å². The second-order valence-corrected chi connectivity index (χ2v) is 13.8. The van der Waals surface area contributed by atoms with Crippen molar-refractivity contribution in [1.29, 1.82) is 0 Å². The number of amides is 2. The Hall–Kier alpha value is -4.35. The number of sulfonamides is 1. The first-order chi connectivity index (χ1) is 22.6. The number of rotatable bonds is 15. The third kappa shape index (κ3) is 9.14. The summed E-state index contributed by atoms with van der Waals surface area (Å²) in [6, 6.07) is 28.4. The molecule has 0 aromatic heterocycles. The molecule has 0 aliphatic heterocycles. The molecule has 4 aromatic rings. The van der Waals surface area contributed by atoms with Crippen LogP contribution in [0.3, 0.4) is 0 Å². The van der Waals surface area contributed by atoms with Gasteiger partial charge in [-0.3, -0.25) is 13.9 Å². The predicted molar refractivity (Wildman–Crippen MR) is 187 cm³/mol. The van der Waals surface area contributed by atoms with Gasteiger partial charge in [0, 0.05) is 29.5 Å². The van der Waals surface area contributed by atoms with E-state index < -0.39 is 28.5 Å². The van der Waals surface area contributed by atoms with E-state index in [1.54, 1.807) is 30.3 Å². The van der Waals surface area contributed by atoms with Crippen LogP contribution in [0.2, 0.25) is 0 Å². The molecule has 0 saturated carbocycles. The van der Waals surface area contributed by atoms with Gasteiger partial charge in [-0.05, 0) is 60.9 Å². The monoisotopic (exact) mass is 721 g/mol. The van der Waals surface area contributed by atoms with Gasteiger partial charge in [0.2, 0.25) is 11.8 Å². The quantitative estimate of drug-likeness (QED) is 0.156. The first-order valence-corrected chi connectivity index (χ1v) is 17.5. The summed E-state index contributed by atoms with van der Waals surface area (Å²) in [6.45, 7) is 3.31. The average molecular weight is 723 g/mol. The minimum atomic E-state index is -4.31. The van der Waals surface area contributed by atoms with E-state index in [9.17, 15) is 18.0 Å². The number of anilines is 1. The summed E-state index contributed by atoms with van der Waals surface area (Å²) in [7, 11) is -1.41. The number of methoxy groups -OCH3 is 2. The molecule has 248 valence electrons. The lowest BCUT2D eigenvalue weighted by Crippen LogP contribution is -2.54. The Morgan fingerprint density at radius 1 is 0.851 bits per heavy atom. The van der Waals surface area contributed by atoms with Crippen LogP contribution in [0.15, 0.2) is 112 Å². The second-order valence-electron chi connectivity index (χ2n) is 11.0. The van der Waals surface area contributed by atoms with Crippen LogP contribution in [0.5, 0.6) is 11.5 Å². The Labute approximate surface area is 285 Å². The van der Waals surface area contributed by atoms with Crippen LogP contribution in [0.1, 0.15) is 31.4 Å². The molecule has 0 bridgehead atoms. The third-order valence-electron chi connectivity index (χ3n) is 7.78. The van der Waals surface area contributed by atoms with E-state index in [0.717, 1.165) is 19.9 Å². The third-order valence-corrected chi connectivity index (χ3v) is 10.0. The normalized spacial score (nSPS) is 12.4. The fraction of sp³-hybridized carbons (Fsp3) is 0.278. The Balaban J connectivity index is 1.86. The lowest BCUT2D eigenvalue weighted by molar-refractivity contribution is -0.140. The standard InChI is InChI=1S/C36H40BrN3O6S/c1-5-26(2)38-36(42)33(22-27-13-8-6-9-14-27)39(24-28-15-12-16-29(37)21-28)35(41)25-40(47(43,44)31-17-10-7-11-18-31)32-23-30(45-3)19-20-34(32)46-4/h6-21,23,26,33H,5,22,24-25H2,1-4H3,(H,38,42)/t26-,33+/m1/s1. The highest BCUT2D eigenvalue weighted by atomic mass is 79.9. The molecule has 2 amide bonds. The summed E-state index contributed by atoms with van der Waals surface area (Å²) in [4.78, 5) is 30.1. The van der Waals surface area contributed by atoms with Gasteiger partial charge in [-0.15, -0.1) is 0 Å². The van der Waals surface area contributed by atoms with E-state index in [1.165, 1.54) is 37.3 Å². The molecular weight excluding hydrogens is 682 g/mol. The van der Waals surface area contributed by atoms with Gasteiger partial charge in [0.1, 0.15) is 24.1 Å². The summed E-state index contributed by atoms with van der Waals surface area (Å²) in [5.74, 6) is -0.299. The molecule has 0 fully saturated rings. The molecule has 4 aromatic carbocycles. The summed E-state index contributed by atoms with van der Waals surface area (Å²) in [5, 5.41) is 3.05. The maximum Gasteiger partial charge on any atom is 0.264 e. The molecule has 0 heterocycles. The average Bonchev–Trinajstić information content (AvgIpc) is 3.09. The molecule has 0 aliphatic rings. The molecule has 1 N–H and O–H groups in total. The van der Waals surface area contributed by atoms with Crippen molar-refractivity contribution in [2.75, 3.05) is 25.1 Å². The lowest BCUT2D eigenvalue weighted by atomic mass is 10.0. The minimum absolute atomic E-state index is 0.00781. The number of carbonyl (C=O) groups is 2. The van der Waals surface area contributed by atoms with E-state index >= 15 is 0 Å².